The largest absolute Gasteiger partial charge is 0.393 e. The minimum absolute atomic E-state index is 0.221. The lowest BCUT2D eigenvalue weighted by atomic mass is 10.1. The maximum Gasteiger partial charge on any atom is 0.275 e. The maximum absolute atomic E-state index is 12.5. The zero-order valence-corrected chi connectivity index (χ0v) is 15.6. The monoisotopic (exact) mass is 387 g/mol. The highest BCUT2D eigenvalue weighted by Crippen LogP contribution is 2.09. The Morgan fingerprint density at radius 3 is 2.32 bits per heavy atom. The van der Waals surface area contributed by atoms with Crippen molar-refractivity contribution in [3.63, 3.8) is 0 Å². The second-order valence-corrected chi connectivity index (χ2v) is 5.41. The van der Waals surface area contributed by atoms with E-state index in [1.807, 2.05) is 0 Å². The molecule has 0 bridgehead atoms. The van der Waals surface area contributed by atoms with Crippen LogP contribution in [0.1, 0.15) is 15.9 Å². The Morgan fingerprint density at radius 2 is 1.82 bits per heavy atom. The first-order chi connectivity index (χ1) is 13.4. The fourth-order valence-corrected chi connectivity index (χ4v) is 2.08. The van der Waals surface area contributed by atoms with Crippen molar-refractivity contribution in [1.29, 1.82) is 0 Å². The summed E-state index contributed by atoms with van der Waals surface area (Å²) in [6.07, 6.45) is -0.603. The van der Waals surface area contributed by atoms with Crippen LogP contribution in [-0.4, -0.2) is 72.9 Å². The summed E-state index contributed by atoms with van der Waals surface area (Å²) in [4.78, 5) is 37.0. The number of hydrogen-bond acceptors (Lipinski definition) is 6. The number of likely N-dealkylation sites (N-methyl/N-ethyl adjacent to an activating group) is 2. The third kappa shape index (κ3) is 6.11. The summed E-state index contributed by atoms with van der Waals surface area (Å²) in [5.41, 5.74) is 2.18. The van der Waals surface area contributed by atoms with Crippen LogP contribution in [0, 0.1) is 23.7 Å². The lowest BCUT2D eigenvalue weighted by Crippen LogP contribution is -2.54. The normalized spacial score (nSPS) is 11.6. The fourth-order valence-electron chi connectivity index (χ4n) is 2.08. The van der Waals surface area contributed by atoms with Crippen LogP contribution in [0.5, 0.6) is 0 Å². The molecule has 0 fully saturated rings. The lowest BCUT2D eigenvalue weighted by Gasteiger charge is -2.25. The molecule has 9 heteroatoms. The predicted octanol–water partition coefficient (Wildman–Crippen LogP) is -1.26. The van der Waals surface area contributed by atoms with Crippen molar-refractivity contribution >= 4 is 17.7 Å². The van der Waals surface area contributed by atoms with Gasteiger partial charge in [-0.25, -0.2) is 5.48 Å². The highest BCUT2D eigenvalue weighted by Gasteiger charge is 2.33. The molecule has 28 heavy (non-hydrogen) atoms. The summed E-state index contributed by atoms with van der Waals surface area (Å²) in [7, 11) is 4.01. The molecule has 1 aromatic rings. The number of aliphatic hydroxyl groups is 1. The third-order valence-corrected chi connectivity index (χ3v) is 3.65. The second-order valence-electron chi connectivity index (χ2n) is 5.41. The zero-order chi connectivity index (χ0) is 21.1. The highest BCUT2D eigenvalue weighted by molar-refractivity contribution is 6.08. The van der Waals surface area contributed by atoms with E-state index in [0.717, 1.165) is 4.90 Å². The second kappa shape index (κ2) is 11.4. The smallest absolute Gasteiger partial charge is 0.275 e. The summed E-state index contributed by atoms with van der Waals surface area (Å²) >= 11 is 0. The third-order valence-electron chi connectivity index (χ3n) is 3.65. The highest BCUT2D eigenvalue weighted by atomic mass is 16.5. The molecule has 0 aliphatic heterocycles. The average Bonchev–Trinajstić information content (AvgIpc) is 2.73. The van der Waals surface area contributed by atoms with E-state index in [1.165, 1.54) is 38.8 Å². The molecule has 4 N–H and O–H groups in total. The van der Waals surface area contributed by atoms with Gasteiger partial charge in [0.25, 0.3) is 17.7 Å². The van der Waals surface area contributed by atoms with Gasteiger partial charge in [0.15, 0.2) is 6.04 Å². The van der Waals surface area contributed by atoms with Crippen molar-refractivity contribution in [2.75, 3.05) is 27.8 Å². The standard InChI is InChI=1S/C19H21N3O6/c1-20-17(24)16(18(25)21-27)22(2)19(26)14-10-8-13(9-11-14)6-4-5-7-15(12-23)28-3/h8-11,15-16,23,27H,12H2,1-3H3,(H,20,24)(H,21,25). The van der Waals surface area contributed by atoms with E-state index in [0.29, 0.717) is 5.56 Å². The first-order valence-corrected chi connectivity index (χ1v) is 8.07. The number of amides is 3. The number of carbonyl (C=O) groups is 3. The summed E-state index contributed by atoms with van der Waals surface area (Å²) in [5.74, 6) is 8.19. The van der Waals surface area contributed by atoms with Crippen LogP contribution in [0.2, 0.25) is 0 Å². The minimum Gasteiger partial charge on any atom is -0.393 e. The van der Waals surface area contributed by atoms with Crippen LogP contribution in [0.15, 0.2) is 24.3 Å². The zero-order valence-electron chi connectivity index (χ0n) is 15.6. The molecule has 1 rings (SSSR count). The molecule has 0 aliphatic carbocycles. The van der Waals surface area contributed by atoms with Gasteiger partial charge in [0.2, 0.25) is 0 Å². The van der Waals surface area contributed by atoms with Gasteiger partial charge in [0, 0.05) is 32.3 Å². The van der Waals surface area contributed by atoms with Crippen molar-refractivity contribution < 1.29 is 29.4 Å². The number of ether oxygens (including phenoxy) is 1. The number of methoxy groups -OCH3 is 1. The van der Waals surface area contributed by atoms with Crippen LogP contribution in [0.25, 0.3) is 0 Å². The number of rotatable bonds is 6. The van der Waals surface area contributed by atoms with E-state index >= 15 is 0 Å². The van der Waals surface area contributed by atoms with Gasteiger partial charge in [0.1, 0.15) is 6.10 Å². The molecule has 0 radical (unpaired) electrons. The lowest BCUT2D eigenvalue weighted by molar-refractivity contribution is -0.140. The molecule has 2 unspecified atom stereocenters. The Morgan fingerprint density at radius 1 is 1.18 bits per heavy atom. The Hall–Kier alpha value is -3.37. The number of hydrogen-bond donors (Lipinski definition) is 4. The first kappa shape index (κ1) is 22.7. The van der Waals surface area contributed by atoms with Crippen LogP contribution in [0.4, 0.5) is 0 Å². The van der Waals surface area contributed by atoms with Gasteiger partial charge in [-0.1, -0.05) is 11.8 Å². The minimum atomic E-state index is -1.53. The summed E-state index contributed by atoms with van der Waals surface area (Å²) in [6.45, 7) is -0.235. The molecule has 3 amide bonds. The molecular weight excluding hydrogens is 366 g/mol. The molecule has 148 valence electrons. The van der Waals surface area contributed by atoms with E-state index in [9.17, 15) is 14.4 Å². The molecular formula is C19H21N3O6. The predicted molar refractivity (Wildman–Crippen MR) is 98.9 cm³/mol. The molecule has 0 saturated carbocycles. The van der Waals surface area contributed by atoms with E-state index in [2.05, 4.69) is 29.0 Å². The Kier molecular flexibility index (Phi) is 9.20. The van der Waals surface area contributed by atoms with Crippen molar-refractivity contribution in [2.24, 2.45) is 0 Å². The van der Waals surface area contributed by atoms with Gasteiger partial charge in [-0.15, -0.1) is 0 Å². The molecule has 0 aromatic heterocycles. The van der Waals surface area contributed by atoms with Gasteiger partial charge in [-0.2, -0.15) is 0 Å². The fraction of sp³-hybridized carbons (Fsp3) is 0.316. The van der Waals surface area contributed by atoms with Crippen LogP contribution in [0.3, 0.4) is 0 Å². The molecule has 0 heterocycles. The van der Waals surface area contributed by atoms with E-state index < -0.39 is 29.9 Å². The molecule has 9 nitrogen and oxygen atoms in total. The van der Waals surface area contributed by atoms with Gasteiger partial charge in [-0.3, -0.25) is 19.6 Å². The number of aliphatic hydroxyl groups excluding tert-OH is 1. The van der Waals surface area contributed by atoms with Crippen LogP contribution < -0.4 is 10.8 Å². The summed E-state index contributed by atoms with van der Waals surface area (Å²) in [5, 5.41) is 20.0. The molecule has 0 saturated heterocycles. The van der Waals surface area contributed by atoms with Crippen LogP contribution >= 0.6 is 0 Å². The number of hydroxylamine groups is 1. The average molecular weight is 387 g/mol. The van der Waals surface area contributed by atoms with Crippen molar-refractivity contribution in [1.82, 2.24) is 15.7 Å². The van der Waals surface area contributed by atoms with Gasteiger partial charge < -0.3 is 20.1 Å². The topological polar surface area (TPSA) is 128 Å². The number of nitrogens with one attached hydrogen (secondary N) is 2. The Bertz CT molecular complexity index is 809. The molecule has 2 atom stereocenters. The maximum atomic E-state index is 12.5. The SMILES string of the molecule is CNC(=O)C(C(=O)NO)N(C)C(=O)c1ccc(C#CC#CC(CO)OC)cc1. The van der Waals surface area contributed by atoms with Crippen molar-refractivity contribution in [3.05, 3.63) is 35.4 Å². The van der Waals surface area contributed by atoms with E-state index in [-0.39, 0.29) is 12.2 Å². The van der Waals surface area contributed by atoms with Gasteiger partial charge >= 0.3 is 0 Å². The van der Waals surface area contributed by atoms with Crippen LogP contribution in [-0.2, 0) is 14.3 Å². The molecule has 1 aromatic carbocycles. The van der Waals surface area contributed by atoms with Crippen molar-refractivity contribution in [3.8, 4) is 23.7 Å². The summed E-state index contributed by atoms with van der Waals surface area (Å²) in [6, 6.07) is 4.60. The summed E-state index contributed by atoms with van der Waals surface area (Å²) < 4.78 is 4.88. The van der Waals surface area contributed by atoms with E-state index in [1.54, 1.807) is 12.1 Å². The number of benzene rings is 1. The number of nitrogens with zero attached hydrogens (tertiary/aromatic N) is 1. The molecule has 0 aliphatic rings. The Labute approximate surface area is 162 Å². The Balaban J connectivity index is 2.94. The molecule has 0 spiro atoms. The first-order valence-electron chi connectivity index (χ1n) is 8.07. The number of carbonyl (C=O) groups excluding carboxylic acids is 3. The quantitative estimate of drug-likeness (QED) is 0.209. The van der Waals surface area contributed by atoms with Gasteiger partial charge in [0.05, 0.1) is 6.61 Å². The van der Waals surface area contributed by atoms with Gasteiger partial charge in [-0.05, 0) is 36.1 Å². The van der Waals surface area contributed by atoms with E-state index in [4.69, 9.17) is 15.1 Å². The van der Waals surface area contributed by atoms with Crippen molar-refractivity contribution in [2.45, 2.75) is 12.1 Å².